The van der Waals surface area contributed by atoms with Crippen LogP contribution in [0, 0.1) is 11.8 Å². The first-order chi connectivity index (χ1) is 35.5. The fourth-order valence-corrected chi connectivity index (χ4v) is 12.1. The van der Waals surface area contributed by atoms with Crippen LogP contribution >= 0.6 is 45.3 Å². The van der Waals surface area contributed by atoms with Crippen LogP contribution in [0.5, 0.6) is 0 Å². The number of carbonyl (C=O) groups is 8. The molecule has 74 heavy (non-hydrogen) atoms. The average Bonchev–Trinajstić information content (AvgIpc) is 3.82. The summed E-state index contributed by atoms with van der Waals surface area (Å²) < 4.78 is 0. The summed E-state index contributed by atoms with van der Waals surface area (Å²) in [5.74, 6) is -1.44. The molecule has 8 rings (SSSR count). The van der Waals surface area contributed by atoms with E-state index in [-0.39, 0.29) is 72.5 Å². The zero-order chi connectivity index (χ0) is 52.4. The van der Waals surface area contributed by atoms with Gasteiger partial charge in [-0.2, -0.15) is 0 Å². The summed E-state index contributed by atoms with van der Waals surface area (Å²) in [5, 5.41) is 26.4. The molecule has 19 nitrogen and oxygen atoms in total. The molecule has 4 saturated carbocycles. The second-order valence-corrected chi connectivity index (χ2v) is 23.6. The van der Waals surface area contributed by atoms with E-state index in [1.54, 1.807) is 22.9 Å². The molecule has 4 aliphatic rings. The Morgan fingerprint density at radius 3 is 1.39 bits per heavy atom. The molecule has 0 saturated heterocycles. The topological polar surface area (TPSA) is 264 Å². The minimum absolute atomic E-state index is 0.135. The molecule has 4 aromatic heterocycles. The number of allylic oxidation sites excluding steroid dienone is 2. The van der Waals surface area contributed by atoms with Gasteiger partial charge in [-0.15, -0.1) is 45.3 Å². The van der Waals surface area contributed by atoms with Crippen molar-refractivity contribution in [3.8, 4) is 21.4 Å². The van der Waals surface area contributed by atoms with Crippen LogP contribution in [0.1, 0.15) is 135 Å². The Labute approximate surface area is 445 Å². The van der Waals surface area contributed by atoms with Crippen molar-refractivity contribution in [3.05, 3.63) is 66.2 Å². The summed E-state index contributed by atoms with van der Waals surface area (Å²) in [6.45, 7) is 6.94. The largest absolute Gasteiger partial charge is 0.351 e. The highest BCUT2D eigenvalue weighted by Gasteiger charge is 2.51. The van der Waals surface area contributed by atoms with E-state index < -0.39 is 22.9 Å². The first-order valence-electron chi connectivity index (χ1n) is 25.2. The van der Waals surface area contributed by atoms with Crippen molar-refractivity contribution in [1.82, 2.24) is 56.7 Å². The predicted molar refractivity (Wildman–Crippen MR) is 283 cm³/mol. The Bertz CT molecular complexity index is 2630. The van der Waals surface area contributed by atoms with E-state index in [9.17, 15) is 38.4 Å². The zero-order valence-corrected chi connectivity index (χ0v) is 45.2. The molecule has 0 spiro atoms. The summed E-state index contributed by atoms with van der Waals surface area (Å²) in [5.41, 5.74) is 2.04. The molecule has 6 N–H and O–H groups in total. The second kappa shape index (κ2) is 24.6. The molecule has 0 aliphatic heterocycles. The van der Waals surface area contributed by atoms with Crippen LogP contribution in [0.3, 0.4) is 0 Å². The van der Waals surface area contributed by atoms with E-state index in [2.05, 4.69) is 70.6 Å². The number of hydrogen-bond acceptors (Lipinski definition) is 17. The third kappa shape index (κ3) is 15.1. The van der Waals surface area contributed by atoms with E-state index >= 15 is 0 Å². The molecular weight excluding hydrogens is 1020 g/mol. The van der Waals surface area contributed by atoms with Gasteiger partial charge in [0.15, 0.2) is 11.6 Å². The number of carbonyl (C=O) groups excluding carboxylic acids is 8. The molecule has 6 amide bonds. The van der Waals surface area contributed by atoms with Crippen molar-refractivity contribution in [2.75, 3.05) is 33.2 Å². The van der Waals surface area contributed by atoms with Crippen molar-refractivity contribution in [2.45, 2.75) is 128 Å². The highest BCUT2D eigenvalue weighted by molar-refractivity contribution is 7.14. The van der Waals surface area contributed by atoms with E-state index in [0.29, 0.717) is 94.9 Å². The fourth-order valence-electron chi connectivity index (χ4n) is 9.01. The van der Waals surface area contributed by atoms with Crippen molar-refractivity contribution in [3.63, 3.8) is 0 Å². The number of nitrogens with one attached hydrogen (secondary N) is 6. The summed E-state index contributed by atoms with van der Waals surface area (Å²) in [6.07, 6.45) is 11.8. The maximum absolute atomic E-state index is 13.0. The zero-order valence-electron chi connectivity index (χ0n) is 41.9. The van der Waals surface area contributed by atoms with Gasteiger partial charge in [-0.3, -0.25) is 38.4 Å². The minimum Gasteiger partial charge on any atom is -0.351 e. The van der Waals surface area contributed by atoms with Crippen LogP contribution in [0.15, 0.2) is 44.8 Å². The molecule has 4 fully saturated rings. The van der Waals surface area contributed by atoms with Gasteiger partial charge in [0, 0.05) is 46.8 Å². The number of ketones is 2. The quantitative estimate of drug-likeness (QED) is 0.0252. The number of rotatable bonds is 26. The Kier molecular flexibility index (Phi) is 18.1. The lowest BCUT2D eigenvalue weighted by atomic mass is 10.1. The van der Waals surface area contributed by atoms with Crippen molar-refractivity contribution < 1.29 is 38.4 Å². The molecule has 4 heterocycles. The maximum Gasteiger partial charge on any atom is 0.270 e. The van der Waals surface area contributed by atoms with E-state index in [4.69, 9.17) is 0 Å². The summed E-state index contributed by atoms with van der Waals surface area (Å²) in [7, 11) is 1.98. The normalized spacial score (nSPS) is 19.3. The van der Waals surface area contributed by atoms with Gasteiger partial charge in [-0.25, -0.2) is 19.9 Å². The number of thiazole rings is 4. The maximum atomic E-state index is 13.0. The van der Waals surface area contributed by atoms with Crippen LogP contribution in [0.25, 0.3) is 21.4 Å². The van der Waals surface area contributed by atoms with Gasteiger partial charge < -0.3 is 36.8 Å². The van der Waals surface area contributed by atoms with Crippen LogP contribution in [0.2, 0.25) is 0 Å². The number of nitrogens with zero attached hydrogens (tertiary/aromatic N) is 5. The lowest BCUT2D eigenvalue weighted by Gasteiger charge is -2.16. The minimum atomic E-state index is -0.956. The number of hydrogen-bond donors (Lipinski definition) is 6. The number of Topliss-reactive ketones (excluding diaryl/α,β-unsaturated/α-hetero) is 2. The second-order valence-electron chi connectivity index (χ2n) is 20.0. The Morgan fingerprint density at radius 1 is 0.595 bits per heavy atom. The van der Waals surface area contributed by atoms with Crippen LogP contribution in [-0.2, 0) is 41.9 Å². The van der Waals surface area contributed by atoms with Gasteiger partial charge in [0.25, 0.3) is 11.8 Å². The SMILES string of the molecule is C[C@H]1CC/C(=C/C(=O)NC2(C(=O)CC(=O)NCc3nc(-c4nc(C(=O)NCCCN(C)CCCNC(=O)c5csc(-c6csc(CNC(=O)CC(=O)C7(NC(=O)/C=C8/CC[C@H](C)C8)CC7)n6)n5)cs4)cs3)CC2)C1. The Hall–Kier alpha value is -5.88. The van der Waals surface area contributed by atoms with E-state index in [1.807, 2.05) is 17.8 Å². The van der Waals surface area contributed by atoms with Crippen molar-refractivity contribution in [2.24, 2.45) is 11.8 Å². The number of aromatic nitrogens is 4. The van der Waals surface area contributed by atoms with Crippen LogP contribution in [-0.4, -0.2) is 116 Å². The van der Waals surface area contributed by atoms with Crippen molar-refractivity contribution >= 4 is 92.4 Å². The van der Waals surface area contributed by atoms with Crippen LogP contribution in [0.4, 0.5) is 0 Å². The molecule has 394 valence electrons. The third-order valence-electron chi connectivity index (χ3n) is 13.6. The molecule has 0 radical (unpaired) electrons. The van der Waals surface area contributed by atoms with Gasteiger partial charge in [0.05, 0.1) is 37.0 Å². The molecule has 2 atom stereocenters. The predicted octanol–water partition coefficient (Wildman–Crippen LogP) is 5.66. The first kappa shape index (κ1) is 54.4. The molecule has 0 bridgehead atoms. The standard InChI is InChI=1S/C51H63N11O8S4/c1-30-6-8-32(18-30)20-42(67)60-50(10-11-50)38(63)22-40(65)54-24-44-56-36(28-71-44)48-58-34(26-73-48)46(69)52-14-4-16-62(3)17-5-15-53-47(70)35-27-74-49(59-35)37-29-72-45(57-37)25-55-41(66)23-39(64)51(12-13-51)61-43(68)21-33-9-7-31(2)19-33/h20-21,26-31H,4-19,22-25H2,1-3H3,(H,52,69)(H,53,70)(H,54,65)(H,55,66)(H,60,67)(H,61,68)/b32-20-,33-21-/t30-,31-/m0/s1. The van der Waals surface area contributed by atoms with Gasteiger partial charge >= 0.3 is 0 Å². The molecule has 4 aliphatic carbocycles. The van der Waals surface area contributed by atoms with Gasteiger partial charge in [0.1, 0.15) is 42.8 Å². The van der Waals surface area contributed by atoms with E-state index in [1.165, 1.54) is 45.3 Å². The molecule has 0 unspecified atom stereocenters. The van der Waals surface area contributed by atoms with E-state index in [0.717, 1.165) is 62.8 Å². The van der Waals surface area contributed by atoms with Crippen LogP contribution < -0.4 is 31.9 Å². The molecule has 23 heteroatoms. The first-order valence-corrected chi connectivity index (χ1v) is 28.7. The molecule has 4 aromatic rings. The Morgan fingerprint density at radius 2 is 1.01 bits per heavy atom. The van der Waals surface area contributed by atoms with Gasteiger partial charge in [-0.05, 0) is 109 Å². The lowest BCUT2D eigenvalue weighted by molar-refractivity contribution is -0.132. The summed E-state index contributed by atoms with van der Waals surface area (Å²) >= 11 is 5.27. The average molecular weight is 1090 g/mol. The highest BCUT2D eigenvalue weighted by Crippen LogP contribution is 2.39. The fraction of sp³-hybridized carbons (Fsp3) is 0.529. The smallest absolute Gasteiger partial charge is 0.270 e. The van der Waals surface area contributed by atoms with Gasteiger partial charge in [0.2, 0.25) is 23.6 Å². The summed E-state index contributed by atoms with van der Waals surface area (Å²) in [4.78, 5) is 122. The van der Waals surface area contributed by atoms with Crippen molar-refractivity contribution in [1.29, 1.82) is 0 Å². The Balaban J connectivity index is 0.662. The number of amides is 6. The van der Waals surface area contributed by atoms with Gasteiger partial charge in [-0.1, -0.05) is 25.0 Å². The molecule has 0 aromatic carbocycles. The monoisotopic (exact) mass is 1090 g/mol. The summed E-state index contributed by atoms with van der Waals surface area (Å²) in [6, 6.07) is 0. The highest BCUT2D eigenvalue weighted by atomic mass is 32.1. The third-order valence-corrected chi connectivity index (χ3v) is 17.1. The lowest BCUT2D eigenvalue weighted by Crippen LogP contribution is -2.44. The molecular formula is C51H63N11O8S4.